The van der Waals surface area contributed by atoms with Gasteiger partial charge in [0.1, 0.15) is 0 Å². The van der Waals surface area contributed by atoms with Crippen LogP contribution in [0.4, 0.5) is 0 Å². The van der Waals surface area contributed by atoms with Crippen molar-refractivity contribution in [3.63, 3.8) is 0 Å². The summed E-state index contributed by atoms with van der Waals surface area (Å²) in [6, 6.07) is 4.72. The van der Waals surface area contributed by atoms with Gasteiger partial charge in [-0.05, 0) is 51.0 Å². The summed E-state index contributed by atoms with van der Waals surface area (Å²) in [5, 5.41) is 3.66. The standard InChI is InChI=1S/C15H27N3/c1-13(2)10-15(12-18(3)4)17-9-7-14-6-5-8-16-11-14/h5-6,8,11,13,15,17H,7,9-10,12H2,1-4H3. The topological polar surface area (TPSA) is 28.2 Å². The predicted molar refractivity (Wildman–Crippen MR) is 77.7 cm³/mol. The van der Waals surface area contributed by atoms with Gasteiger partial charge in [0.2, 0.25) is 0 Å². The molecule has 0 saturated carbocycles. The van der Waals surface area contributed by atoms with Gasteiger partial charge in [-0.2, -0.15) is 0 Å². The summed E-state index contributed by atoms with van der Waals surface area (Å²) < 4.78 is 0. The molecule has 0 aromatic carbocycles. The number of nitrogens with one attached hydrogen (secondary N) is 1. The monoisotopic (exact) mass is 249 g/mol. The van der Waals surface area contributed by atoms with Gasteiger partial charge in [0, 0.05) is 25.0 Å². The van der Waals surface area contributed by atoms with E-state index in [1.54, 1.807) is 0 Å². The molecule has 0 radical (unpaired) electrons. The van der Waals surface area contributed by atoms with Crippen molar-refractivity contribution < 1.29 is 0 Å². The molecule has 0 aliphatic heterocycles. The molecule has 0 bridgehead atoms. The van der Waals surface area contributed by atoms with E-state index >= 15 is 0 Å². The summed E-state index contributed by atoms with van der Waals surface area (Å²) in [6.45, 7) is 6.69. The Balaban J connectivity index is 2.32. The molecule has 1 aromatic heterocycles. The second kappa shape index (κ2) is 8.22. The summed E-state index contributed by atoms with van der Waals surface area (Å²) in [5.74, 6) is 0.737. The second-order valence-corrected chi connectivity index (χ2v) is 5.65. The summed E-state index contributed by atoms with van der Waals surface area (Å²) in [6.07, 6.45) is 6.05. The number of hydrogen-bond donors (Lipinski definition) is 1. The highest BCUT2D eigenvalue weighted by Gasteiger charge is 2.11. The minimum Gasteiger partial charge on any atom is -0.312 e. The lowest BCUT2D eigenvalue weighted by molar-refractivity contribution is 0.307. The Hall–Kier alpha value is -0.930. The third-order valence-corrected chi connectivity index (χ3v) is 2.91. The van der Waals surface area contributed by atoms with E-state index in [2.05, 4.69) is 49.2 Å². The molecule has 18 heavy (non-hydrogen) atoms. The van der Waals surface area contributed by atoms with Crippen LogP contribution < -0.4 is 5.32 Å². The predicted octanol–water partition coefficient (Wildman–Crippen LogP) is 2.19. The van der Waals surface area contributed by atoms with Crippen molar-refractivity contribution in [2.24, 2.45) is 5.92 Å². The summed E-state index contributed by atoms with van der Waals surface area (Å²) >= 11 is 0. The molecule has 1 unspecified atom stereocenters. The van der Waals surface area contributed by atoms with Gasteiger partial charge in [0.25, 0.3) is 0 Å². The lowest BCUT2D eigenvalue weighted by Gasteiger charge is -2.24. The van der Waals surface area contributed by atoms with E-state index in [1.165, 1.54) is 12.0 Å². The van der Waals surface area contributed by atoms with Crippen molar-refractivity contribution in [2.45, 2.75) is 32.7 Å². The van der Waals surface area contributed by atoms with Gasteiger partial charge < -0.3 is 10.2 Å². The first kappa shape index (κ1) is 15.1. The van der Waals surface area contributed by atoms with E-state index in [0.717, 1.165) is 25.4 Å². The molecule has 0 amide bonds. The Morgan fingerprint density at radius 2 is 2.11 bits per heavy atom. The lowest BCUT2D eigenvalue weighted by Crippen LogP contribution is -2.40. The second-order valence-electron chi connectivity index (χ2n) is 5.65. The third-order valence-electron chi connectivity index (χ3n) is 2.91. The molecule has 0 aliphatic carbocycles. The zero-order valence-electron chi connectivity index (χ0n) is 12.2. The maximum Gasteiger partial charge on any atom is 0.0300 e. The number of pyridine rings is 1. The Bertz CT molecular complexity index is 299. The van der Waals surface area contributed by atoms with Gasteiger partial charge in [-0.1, -0.05) is 19.9 Å². The molecule has 102 valence electrons. The molecule has 1 atom stereocenters. The summed E-state index contributed by atoms with van der Waals surface area (Å²) in [5.41, 5.74) is 1.30. The van der Waals surface area contributed by atoms with Gasteiger partial charge in [0.15, 0.2) is 0 Å². The summed E-state index contributed by atoms with van der Waals surface area (Å²) in [4.78, 5) is 6.40. The van der Waals surface area contributed by atoms with Gasteiger partial charge >= 0.3 is 0 Å². The van der Waals surface area contributed by atoms with Crippen LogP contribution in [0.15, 0.2) is 24.5 Å². The number of hydrogen-bond acceptors (Lipinski definition) is 3. The van der Waals surface area contributed by atoms with Crippen LogP contribution >= 0.6 is 0 Å². The van der Waals surface area contributed by atoms with E-state index in [1.807, 2.05) is 18.5 Å². The van der Waals surface area contributed by atoms with Crippen LogP contribution in [0, 0.1) is 5.92 Å². The molecule has 3 heteroatoms. The SMILES string of the molecule is CC(C)CC(CN(C)C)NCCc1cccnc1. The van der Waals surface area contributed by atoms with Crippen LogP contribution in [0.2, 0.25) is 0 Å². The molecule has 0 fully saturated rings. The molecule has 0 spiro atoms. The highest BCUT2D eigenvalue weighted by Crippen LogP contribution is 2.06. The van der Waals surface area contributed by atoms with Crippen molar-refractivity contribution in [3.05, 3.63) is 30.1 Å². The zero-order chi connectivity index (χ0) is 13.4. The Labute approximate surface area is 112 Å². The maximum atomic E-state index is 4.14. The van der Waals surface area contributed by atoms with Crippen LogP contribution in [0.5, 0.6) is 0 Å². The maximum absolute atomic E-state index is 4.14. The van der Waals surface area contributed by atoms with E-state index in [0.29, 0.717) is 6.04 Å². The van der Waals surface area contributed by atoms with Gasteiger partial charge in [-0.15, -0.1) is 0 Å². The fraction of sp³-hybridized carbons (Fsp3) is 0.667. The lowest BCUT2D eigenvalue weighted by atomic mass is 10.0. The molecule has 1 aromatic rings. The first-order chi connectivity index (χ1) is 8.58. The zero-order valence-corrected chi connectivity index (χ0v) is 12.2. The molecular weight excluding hydrogens is 222 g/mol. The molecule has 1 heterocycles. The highest BCUT2D eigenvalue weighted by molar-refractivity contribution is 5.08. The number of rotatable bonds is 8. The first-order valence-electron chi connectivity index (χ1n) is 6.85. The van der Waals surface area contributed by atoms with E-state index in [4.69, 9.17) is 0 Å². The Morgan fingerprint density at radius 1 is 1.33 bits per heavy atom. The molecule has 3 nitrogen and oxygen atoms in total. The average molecular weight is 249 g/mol. The van der Waals surface area contributed by atoms with Crippen molar-refractivity contribution >= 4 is 0 Å². The summed E-state index contributed by atoms with van der Waals surface area (Å²) in [7, 11) is 4.27. The molecule has 1 rings (SSSR count). The average Bonchev–Trinajstić information content (AvgIpc) is 2.28. The third kappa shape index (κ3) is 6.72. The number of likely N-dealkylation sites (N-methyl/N-ethyl adjacent to an activating group) is 1. The van der Waals surface area contributed by atoms with Gasteiger partial charge in [0.05, 0.1) is 0 Å². The quantitative estimate of drug-likeness (QED) is 0.765. The number of nitrogens with zero attached hydrogens (tertiary/aromatic N) is 2. The Morgan fingerprint density at radius 3 is 2.67 bits per heavy atom. The van der Waals surface area contributed by atoms with Crippen molar-refractivity contribution in [2.75, 3.05) is 27.2 Å². The Kier molecular flexibility index (Phi) is 6.91. The molecular formula is C15H27N3. The van der Waals surface area contributed by atoms with Crippen molar-refractivity contribution in [3.8, 4) is 0 Å². The minimum absolute atomic E-state index is 0.580. The van der Waals surface area contributed by atoms with E-state index in [9.17, 15) is 0 Å². The number of aromatic nitrogens is 1. The van der Waals surface area contributed by atoms with Crippen molar-refractivity contribution in [1.82, 2.24) is 15.2 Å². The normalized spacial score (nSPS) is 13.2. The molecule has 0 saturated heterocycles. The first-order valence-corrected chi connectivity index (χ1v) is 6.85. The largest absolute Gasteiger partial charge is 0.312 e. The molecule has 1 N–H and O–H groups in total. The van der Waals surface area contributed by atoms with Gasteiger partial charge in [-0.25, -0.2) is 0 Å². The molecule has 0 aliphatic rings. The van der Waals surface area contributed by atoms with Gasteiger partial charge in [-0.3, -0.25) is 4.98 Å². The van der Waals surface area contributed by atoms with E-state index < -0.39 is 0 Å². The fourth-order valence-electron chi connectivity index (χ4n) is 2.20. The van der Waals surface area contributed by atoms with Crippen molar-refractivity contribution in [1.29, 1.82) is 0 Å². The van der Waals surface area contributed by atoms with Crippen LogP contribution in [-0.4, -0.2) is 43.1 Å². The minimum atomic E-state index is 0.580. The van der Waals surface area contributed by atoms with Crippen LogP contribution in [-0.2, 0) is 6.42 Å². The van der Waals surface area contributed by atoms with Crippen LogP contribution in [0.1, 0.15) is 25.8 Å². The van der Waals surface area contributed by atoms with Crippen LogP contribution in [0.25, 0.3) is 0 Å². The van der Waals surface area contributed by atoms with Crippen LogP contribution in [0.3, 0.4) is 0 Å². The van der Waals surface area contributed by atoms with E-state index in [-0.39, 0.29) is 0 Å². The smallest absolute Gasteiger partial charge is 0.0300 e. The fourth-order valence-corrected chi connectivity index (χ4v) is 2.20. The highest BCUT2D eigenvalue weighted by atomic mass is 15.1.